The summed E-state index contributed by atoms with van der Waals surface area (Å²) in [5, 5.41) is 7.98. The number of terminal acetylenes is 1. The Labute approximate surface area is 124 Å². The summed E-state index contributed by atoms with van der Waals surface area (Å²) in [6, 6.07) is 2.24. The third-order valence-electron chi connectivity index (χ3n) is 3.23. The van der Waals surface area contributed by atoms with Crippen molar-refractivity contribution in [2.75, 3.05) is 18.1 Å². The molecule has 0 aliphatic rings. The second-order valence-electron chi connectivity index (χ2n) is 4.79. The van der Waals surface area contributed by atoms with Gasteiger partial charge in [-0.25, -0.2) is 9.50 Å². The molecule has 0 aliphatic carbocycles. The van der Waals surface area contributed by atoms with Gasteiger partial charge in [0.2, 0.25) is 0 Å². The first-order valence-corrected chi connectivity index (χ1v) is 7.85. The molecule has 0 amide bonds. The van der Waals surface area contributed by atoms with Crippen molar-refractivity contribution in [3.8, 4) is 12.3 Å². The van der Waals surface area contributed by atoms with E-state index in [2.05, 4.69) is 35.2 Å². The van der Waals surface area contributed by atoms with Gasteiger partial charge in [0.25, 0.3) is 0 Å². The van der Waals surface area contributed by atoms with Crippen LogP contribution in [0.5, 0.6) is 0 Å². The zero-order chi connectivity index (χ0) is 14.5. The van der Waals surface area contributed by atoms with Crippen LogP contribution in [0.4, 0.5) is 0 Å². The average molecular weight is 288 g/mol. The number of thioether (sulfide) groups is 1. The summed E-state index contributed by atoms with van der Waals surface area (Å²) in [7, 11) is 0. The Morgan fingerprint density at radius 2 is 2.30 bits per heavy atom. The monoisotopic (exact) mass is 288 g/mol. The number of aromatic nitrogens is 3. The lowest BCUT2D eigenvalue weighted by molar-refractivity contribution is 0.589. The summed E-state index contributed by atoms with van der Waals surface area (Å²) < 4.78 is 1.91. The van der Waals surface area contributed by atoms with Crippen molar-refractivity contribution in [2.45, 2.75) is 26.8 Å². The number of hydrogen-bond donors (Lipinski definition) is 1. The van der Waals surface area contributed by atoms with Gasteiger partial charge in [0.15, 0.2) is 5.65 Å². The maximum absolute atomic E-state index is 5.23. The van der Waals surface area contributed by atoms with Gasteiger partial charge in [0.1, 0.15) is 0 Å². The summed E-state index contributed by atoms with van der Waals surface area (Å²) in [6.45, 7) is 7.15. The summed E-state index contributed by atoms with van der Waals surface area (Å²) in [5.41, 5.74) is 4.21. The Morgan fingerprint density at radius 1 is 1.50 bits per heavy atom. The summed E-state index contributed by atoms with van der Waals surface area (Å²) >= 11 is 1.77. The van der Waals surface area contributed by atoms with Crippen LogP contribution in [0.2, 0.25) is 0 Å². The molecule has 0 saturated carbocycles. The fraction of sp³-hybridized carbons (Fsp3) is 0.467. The molecule has 0 fully saturated rings. The standard InChI is InChI=1S/C15H20N4S/c1-5-7-20-8-6-16-12(3)14-10-17-15-9-11(2)18-19(15)13(14)4/h1,9-10,12,16H,6-8H2,2-4H3. The Morgan fingerprint density at radius 3 is 3.05 bits per heavy atom. The van der Waals surface area contributed by atoms with Crippen LogP contribution in [0.1, 0.15) is 29.9 Å². The zero-order valence-electron chi connectivity index (χ0n) is 12.2. The summed E-state index contributed by atoms with van der Waals surface area (Å²) in [4.78, 5) is 4.47. The highest BCUT2D eigenvalue weighted by Crippen LogP contribution is 2.17. The van der Waals surface area contributed by atoms with Crippen LogP contribution in [0.3, 0.4) is 0 Å². The lowest BCUT2D eigenvalue weighted by Crippen LogP contribution is -2.23. The SMILES string of the molecule is C#CCSCCNC(C)c1cnc2cc(C)nn2c1C. The van der Waals surface area contributed by atoms with E-state index in [0.717, 1.165) is 35.1 Å². The first-order chi connectivity index (χ1) is 9.63. The molecule has 2 aromatic heterocycles. The highest BCUT2D eigenvalue weighted by Gasteiger charge is 2.12. The third kappa shape index (κ3) is 3.33. The van der Waals surface area contributed by atoms with E-state index in [-0.39, 0.29) is 6.04 Å². The van der Waals surface area contributed by atoms with E-state index in [0.29, 0.717) is 0 Å². The van der Waals surface area contributed by atoms with Crippen molar-refractivity contribution in [1.29, 1.82) is 0 Å². The second kappa shape index (κ2) is 6.78. The van der Waals surface area contributed by atoms with Crippen molar-refractivity contribution in [3.05, 3.63) is 29.2 Å². The van der Waals surface area contributed by atoms with Gasteiger partial charge in [-0.15, -0.1) is 18.2 Å². The van der Waals surface area contributed by atoms with Gasteiger partial charge >= 0.3 is 0 Å². The number of nitrogens with zero attached hydrogens (tertiary/aromatic N) is 3. The Bertz CT molecular complexity index is 627. The van der Waals surface area contributed by atoms with E-state index in [4.69, 9.17) is 6.42 Å². The molecule has 20 heavy (non-hydrogen) atoms. The van der Waals surface area contributed by atoms with Crippen molar-refractivity contribution >= 4 is 17.4 Å². The molecule has 0 saturated heterocycles. The molecule has 5 heteroatoms. The molecular weight excluding hydrogens is 268 g/mol. The molecule has 1 N–H and O–H groups in total. The molecule has 4 nitrogen and oxygen atoms in total. The van der Waals surface area contributed by atoms with Crippen LogP contribution < -0.4 is 5.32 Å². The Balaban J connectivity index is 2.04. The van der Waals surface area contributed by atoms with Crippen LogP contribution in [-0.4, -0.2) is 32.6 Å². The lowest BCUT2D eigenvalue weighted by Gasteiger charge is -2.16. The quantitative estimate of drug-likeness (QED) is 0.654. The highest BCUT2D eigenvalue weighted by molar-refractivity contribution is 7.99. The van der Waals surface area contributed by atoms with E-state index in [9.17, 15) is 0 Å². The molecule has 0 spiro atoms. The molecule has 106 valence electrons. The molecule has 0 radical (unpaired) electrons. The summed E-state index contributed by atoms with van der Waals surface area (Å²) in [5.74, 6) is 4.42. The molecule has 0 aliphatic heterocycles. The number of aryl methyl sites for hydroxylation is 2. The molecule has 2 rings (SSSR count). The highest BCUT2D eigenvalue weighted by atomic mass is 32.2. The van der Waals surface area contributed by atoms with Gasteiger partial charge in [0, 0.05) is 41.9 Å². The van der Waals surface area contributed by atoms with Crippen LogP contribution in [0.15, 0.2) is 12.3 Å². The van der Waals surface area contributed by atoms with Crippen molar-refractivity contribution in [2.24, 2.45) is 0 Å². The number of fused-ring (bicyclic) bond motifs is 1. The first-order valence-electron chi connectivity index (χ1n) is 6.70. The van der Waals surface area contributed by atoms with Crippen molar-refractivity contribution in [1.82, 2.24) is 19.9 Å². The molecule has 0 aromatic carbocycles. The normalized spacial score (nSPS) is 12.5. The molecule has 2 aromatic rings. The second-order valence-corrected chi connectivity index (χ2v) is 5.89. The molecule has 1 unspecified atom stereocenters. The number of rotatable bonds is 6. The summed E-state index contributed by atoms with van der Waals surface area (Å²) in [6.07, 6.45) is 7.17. The first kappa shape index (κ1) is 14.9. The van der Waals surface area contributed by atoms with Gasteiger partial charge in [-0.1, -0.05) is 5.92 Å². The predicted octanol–water partition coefficient (Wildman–Crippen LogP) is 2.36. The zero-order valence-corrected chi connectivity index (χ0v) is 13.0. The largest absolute Gasteiger partial charge is 0.309 e. The lowest BCUT2D eigenvalue weighted by atomic mass is 10.1. The van der Waals surface area contributed by atoms with E-state index >= 15 is 0 Å². The van der Waals surface area contributed by atoms with Gasteiger partial charge in [-0.3, -0.25) is 0 Å². The minimum absolute atomic E-state index is 0.253. The minimum Gasteiger partial charge on any atom is -0.309 e. The van der Waals surface area contributed by atoms with Crippen molar-refractivity contribution < 1.29 is 0 Å². The van der Waals surface area contributed by atoms with Crippen LogP contribution in [0.25, 0.3) is 5.65 Å². The van der Waals surface area contributed by atoms with E-state index in [1.165, 1.54) is 5.56 Å². The Hall–Kier alpha value is -1.51. The molecule has 2 heterocycles. The fourth-order valence-corrected chi connectivity index (χ4v) is 2.71. The number of hydrogen-bond acceptors (Lipinski definition) is 4. The molecule has 1 atom stereocenters. The average Bonchev–Trinajstić information content (AvgIpc) is 2.80. The molecule has 0 bridgehead atoms. The van der Waals surface area contributed by atoms with E-state index in [1.54, 1.807) is 11.8 Å². The van der Waals surface area contributed by atoms with E-state index in [1.807, 2.05) is 23.7 Å². The van der Waals surface area contributed by atoms with Gasteiger partial charge < -0.3 is 5.32 Å². The topological polar surface area (TPSA) is 42.2 Å². The Kier molecular flexibility index (Phi) is 5.05. The van der Waals surface area contributed by atoms with Crippen LogP contribution in [-0.2, 0) is 0 Å². The van der Waals surface area contributed by atoms with Crippen LogP contribution >= 0.6 is 11.8 Å². The van der Waals surface area contributed by atoms with Gasteiger partial charge in [0.05, 0.1) is 11.4 Å². The smallest absolute Gasteiger partial charge is 0.155 e. The van der Waals surface area contributed by atoms with Gasteiger partial charge in [-0.05, 0) is 20.8 Å². The minimum atomic E-state index is 0.253. The number of nitrogens with one attached hydrogen (secondary N) is 1. The maximum Gasteiger partial charge on any atom is 0.155 e. The fourth-order valence-electron chi connectivity index (χ4n) is 2.19. The van der Waals surface area contributed by atoms with Gasteiger partial charge in [-0.2, -0.15) is 5.10 Å². The predicted molar refractivity (Wildman–Crippen MR) is 85.0 cm³/mol. The molecular formula is C15H20N4S. The van der Waals surface area contributed by atoms with Crippen molar-refractivity contribution in [3.63, 3.8) is 0 Å². The maximum atomic E-state index is 5.23. The third-order valence-corrected chi connectivity index (χ3v) is 4.10. The van der Waals surface area contributed by atoms with E-state index < -0.39 is 0 Å². The van der Waals surface area contributed by atoms with Crippen LogP contribution in [0, 0.1) is 26.2 Å².